The van der Waals surface area contributed by atoms with Crippen molar-refractivity contribution in [3.8, 4) is 0 Å². The molecule has 0 atom stereocenters. The smallest absolute Gasteiger partial charge is 0.191 e. The van der Waals surface area contributed by atoms with E-state index in [4.69, 9.17) is 23.2 Å². The number of anilines is 1. The summed E-state index contributed by atoms with van der Waals surface area (Å²) in [6, 6.07) is 14.7. The van der Waals surface area contributed by atoms with Gasteiger partial charge in [0.25, 0.3) is 0 Å². The van der Waals surface area contributed by atoms with Crippen LogP contribution in [0.1, 0.15) is 12.1 Å². The molecule has 4 aromatic rings. The molecule has 0 spiro atoms. The van der Waals surface area contributed by atoms with E-state index in [0.29, 0.717) is 17.0 Å². The normalized spacial score (nSPS) is 11.4. The molecule has 0 saturated heterocycles. The fraction of sp³-hybridized carbons (Fsp3) is 0.190. The molecule has 0 unspecified atom stereocenters. The van der Waals surface area contributed by atoms with Crippen LogP contribution in [-0.4, -0.2) is 23.1 Å². The molecule has 0 aliphatic carbocycles. The first-order valence-corrected chi connectivity index (χ1v) is 9.89. The minimum Gasteiger partial charge on any atom is -0.371 e. The Kier molecular flexibility index (Phi) is 5.57. The summed E-state index contributed by atoms with van der Waals surface area (Å²) < 4.78 is 0. The van der Waals surface area contributed by atoms with E-state index in [9.17, 15) is 4.79 Å². The molecule has 2 aromatic carbocycles. The molecule has 7 heteroatoms. The van der Waals surface area contributed by atoms with Crippen LogP contribution in [0.5, 0.6) is 0 Å². The Morgan fingerprint density at radius 3 is 2.64 bits per heavy atom. The summed E-state index contributed by atoms with van der Waals surface area (Å²) >= 11 is 12.5. The molecule has 0 aliphatic rings. The van der Waals surface area contributed by atoms with Gasteiger partial charge in [-0.25, -0.2) is 0 Å². The van der Waals surface area contributed by atoms with Gasteiger partial charge < -0.3 is 20.6 Å². The third-order valence-corrected chi connectivity index (χ3v) is 5.32. The number of para-hydroxylation sites is 1. The van der Waals surface area contributed by atoms with Gasteiger partial charge in [-0.1, -0.05) is 35.3 Å². The Hall–Kier alpha value is -2.47. The van der Waals surface area contributed by atoms with Gasteiger partial charge in [0.1, 0.15) is 5.82 Å². The number of hydrogen-bond acceptors (Lipinski definition) is 3. The maximum absolute atomic E-state index is 12.1. The molecule has 0 amide bonds. The van der Waals surface area contributed by atoms with Crippen LogP contribution in [0.2, 0.25) is 10.0 Å². The number of halogens is 2. The summed E-state index contributed by atoms with van der Waals surface area (Å²) in [5, 5.41) is 9.74. The summed E-state index contributed by atoms with van der Waals surface area (Å²) in [5.41, 5.74) is 2.75. The van der Waals surface area contributed by atoms with Gasteiger partial charge in [-0.3, -0.25) is 4.79 Å². The Morgan fingerprint density at radius 1 is 0.893 bits per heavy atom. The van der Waals surface area contributed by atoms with Crippen LogP contribution in [0, 0.1) is 0 Å². The lowest BCUT2D eigenvalue weighted by Gasteiger charge is -2.08. The van der Waals surface area contributed by atoms with Crippen molar-refractivity contribution in [3.05, 3.63) is 74.5 Å². The molecule has 0 aliphatic heterocycles. The van der Waals surface area contributed by atoms with Crippen molar-refractivity contribution in [2.45, 2.75) is 13.0 Å². The first-order chi connectivity index (χ1) is 13.6. The lowest BCUT2D eigenvalue weighted by Crippen LogP contribution is -2.18. The molecule has 144 valence electrons. The summed E-state index contributed by atoms with van der Waals surface area (Å²) in [7, 11) is 0. The van der Waals surface area contributed by atoms with Gasteiger partial charge in [0.15, 0.2) is 5.43 Å². The quantitative estimate of drug-likeness (QED) is 0.324. The Labute approximate surface area is 172 Å². The van der Waals surface area contributed by atoms with Crippen LogP contribution < -0.4 is 16.1 Å². The van der Waals surface area contributed by atoms with Crippen LogP contribution in [0.15, 0.2) is 53.3 Å². The van der Waals surface area contributed by atoms with E-state index in [2.05, 4.69) is 20.6 Å². The highest BCUT2D eigenvalue weighted by molar-refractivity contribution is 6.37. The lowest BCUT2D eigenvalue weighted by molar-refractivity contribution is 0.656. The lowest BCUT2D eigenvalue weighted by atomic mass is 10.2. The van der Waals surface area contributed by atoms with Gasteiger partial charge in [0.2, 0.25) is 0 Å². The van der Waals surface area contributed by atoms with Crippen LogP contribution in [0.25, 0.3) is 21.8 Å². The van der Waals surface area contributed by atoms with Crippen LogP contribution >= 0.6 is 23.2 Å². The van der Waals surface area contributed by atoms with Gasteiger partial charge >= 0.3 is 0 Å². The molecular weight excluding hydrogens is 395 g/mol. The third-order valence-electron chi connectivity index (χ3n) is 4.65. The summed E-state index contributed by atoms with van der Waals surface area (Å²) in [6.07, 6.45) is 0.901. The molecule has 0 fully saturated rings. The van der Waals surface area contributed by atoms with Crippen molar-refractivity contribution in [1.82, 2.24) is 15.3 Å². The highest BCUT2D eigenvalue weighted by Gasteiger charge is 2.09. The molecule has 4 N–H and O–H groups in total. The molecular formula is C21H20Cl2N4O. The van der Waals surface area contributed by atoms with E-state index in [-0.39, 0.29) is 5.43 Å². The summed E-state index contributed by atoms with van der Waals surface area (Å²) in [5.74, 6) is 0.735. The average molecular weight is 415 g/mol. The molecule has 2 heterocycles. The molecule has 0 bridgehead atoms. The zero-order valence-electron chi connectivity index (χ0n) is 15.1. The van der Waals surface area contributed by atoms with Gasteiger partial charge in [-0.2, -0.15) is 0 Å². The fourth-order valence-electron chi connectivity index (χ4n) is 3.26. The van der Waals surface area contributed by atoms with E-state index in [1.54, 1.807) is 6.07 Å². The van der Waals surface area contributed by atoms with Gasteiger partial charge in [-0.15, -0.1) is 0 Å². The zero-order valence-corrected chi connectivity index (χ0v) is 16.6. The standard InChI is InChI=1S/C21H20Cl2N4O/c22-13-6-7-15-17(10-13)26-18(21(15)23)12-24-8-3-9-25-20-11-19(28)14-4-1-2-5-16(14)27-20/h1-2,4-7,10-11,24,26H,3,8-9,12H2,(H2,25,27,28). The van der Waals surface area contributed by atoms with Crippen molar-refractivity contribution >= 4 is 50.8 Å². The summed E-state index contributed by atoms with van der Waals surface area (Å²) in [6.45, 7) is 2.21. The highest BCUT2D eigenvalue weighted by atomic mass is 35.5. The fourth-order valence-corrected chi connectivity index (χ4v) is 3.71. The second-order valence-corrected chi connectivity index (χ2v) is 7.47. The second-order valence-electron chi connectivity index (χ2n) is 6.66. The number of aromatic nitrogens is 2. The predicted molar refractivity (Wildman–Crippen MR) is 118 cm³/mol. The van der Waals surface area contributed by atoms with E-state index in [0.717, 1.165) is 52.5 Å². The van der Waals surface area contributed by atoms with E-state index >= 15 is 0 Å². The number of nitrogens with one attached hydrogen (secondary N) is 4. The van der Waals surface area contributed by atoms with Gasteiger partial charge in [0, 0.05) is 46.2 Å². The van der Waals surface area contributed by atoms with Crippen LogP contribution in [0.4, 0.5) is 5.82 Å². The minimum atomic E-state index is 0.0172. The van der Waals surface area contributed by atoms with Gasteiger partial charge in [-0.05, 0) is 43.3 Å². The minimum absolute atomic E-state index is 0.0172. The SMILES string of the molecule is O=c1cc(NCCCNCc2[nH]c3cc(Cl)ccc3c2Cl)[nH]c2ccccc12. The average Bonchev–Trinajstić information content (AvgIpc) is 2.99. The van der Waals surface area contributed by atoms with E-state index in [1.165, 1.54) is 0 Å². The highest BCUT2D eigenvalue weighted by Crippen LogP contribution is 2.29. The van der Waals surface area contributed by atoms with Crippen molar-refractivity contribution in [3.63, 3.8) is 0 Å². The molecule has 0 radical (unpaired) electrons. The molecule has 4 rings (SSSR count). The first-order valence-electron chi connectivity index (χ1n) is 9.14. The van der Waals surface area contributed by atoms with Crippen molar-refractivity contribution in [1.29, 1.82) is 0 Å². The predicted octanol–water partition coefficient (Wildman–Crippen LogP) is 4.91. The molecule has 0 saturated carbocycles. The van der Waals surface area contributed by atoms with Crippen LogP contribution in [0.3, 0.4) is 0 Å². The second kappa shape index (κ2) is 8.27. The molecule has 2 aromatic heterocycles. The zero-order chi connectivity index (χ0) is 19.5. The van der Waals surface area contributed by atoms with Crippen molar-refractivity contribution < 1.29 is 0 Å². The number of fused-ring (bicyclic) bond motifs is 2. The number of pyridine rings is 1. The Balaban J connectivity index is 1.28. The molecule has 5 nitrogen and oxygen atoms in total. The largest absolute Gasteiger partial charge is 0.371 e. The maximum atomic E-state index is 12.1. The Bertz CT molecular complexity index is 1180. The van der Waals surface area contributed by atoms with E-state index < -0.39 is 0 Å². The monoisotopic (exact) mass is 414 g/mol. The Morgan fingerprint density at radius 2 is 1.75 bits per heavy atom. The molecule has 28 heavy (non-hydrogen) atoms. The number of aromatic amines is 2. The van der Waals surface area contributed by atoms with Crippen LogP contribution in [-0.2, 0) is 6.54 Å². The third kappa shape index (κ3) is 4.02. The van der Waals surface area contributed by atoms with Gasteiger partial charge in [0.05, 0.1) is 10.5 Å². The van der Waals surface area contributed by atoms with Crippen molar-refractivity contribution in [2.24, 2.45) is 0 Å². The first kappa shape index (κ1) is 18.9. The topological polar surface area (TPSA) is 72.7 Å². The summed E-state index contributed by atoms with van der Waals surface area (Å²) in [4.78, 5) is 18.7. The number of H-pyrrole nitrogens is 2. The number of rotatable bonds is 7. The maximum Gasteiger partial charge on any atom is 0.191 e. The number of benzene rings is 2. The number of hydrogen-bond donors (Lipinski definition) is 4. The van der Waals surface area contributed by atoms with E-state index in [1.807, 2.05) is 42.5 Å². The van der Waals surface area contributed by atoms with Crippen molar-refractivity contribution in [2.75, 3.05) is 18.4 Å².